The number of aromatic nitrogens is 3. The Morgan fingerprint density at radius 2 is 1.86 bits per heavy atom. The predicted molar refractivity (Wildman–Crippen MR) is 126 cm³/mol. The smallest absolute Gasteiger partial charge is 0.191 e. The van der Waals surface area contributed by atoms with Gasteiger partial charge in [-0.3, -0.25) is 0 Å². The van der Waals surface area contributed by atoms with Crippen molar-refractivity contribution in [3.63, 3.8) is 0 Å². The average Bonchev–Trinajstić information content (AvgIpc) is 3.28. The lowest BCUT2D eigenvalue weighted by Crippen LogP contribution is -2.39. The van der Waals surface area contributed by atoms with E-state index in [1.807, 2.05) is 61.5 Å². The highest BCUT2D eigenvalue weighted by Crippen LogP contribution is 2.13. The Morgan fingerprint density at radius 1 is 1.10 bits per heavy atom. The molecule has 0 saturated carbocycles. The SMILES string of the molecule is CCNC(=NCc1ccc(-n2cncn2)cc1)NCC(CO)c1ccccc1.I. The fourth-order valence-electron chi connectivity index (χ4n) is 2.84. The van der Waals surface area contributed by atoms with Crippen LogP contribution in [0.15, 0.2) is 72.2 Å². The molecule has 0 aliphatic heterocycles. The van der Waals surface area contributed by atoms with E-state index in [-0.39, 0.29) is 36.5 Å². The molecule has 154 valence electrons. The van der Waals surface area contributed by atoms with Gasteiger partial charge >= 0.3 is 0 Å². The van der Waals surface area contributed by atoms with Crippen LogP contribution in [0.5, 0.6) is 0 Å². The van der Waals surface area contributed by atoms with Crippen LogP contribution in [-0.4, -0.2) is 45.5 Å². The minimum Gasteiger partial charge on any atom is -0.396 e. The average molecular weight is 506 g/mol. The second kappa shape index (κ2) is 12.2. The van der Waals surface area contributed by atoms with E-state index in [1.54, 1.807) is 11.0 Å². The molecule has 0 fully saturated rings. The Bertz CT molecular complexity index is 853. The van der Waals surface area contributed by atoms with Crippen LogP contribution in [-0.2, 0) is 6.54 Å². The maximum absolute atomic E-state index is 9.72. The van der Waals surface area contributed by atoms with Gasteiger partial charge in [0.1, 0.15) is 12.7 Å². The molecule has 1 heterocycles. The molecule has 1 atom stereocenters. The molecule has 3 aromatic rings. The summed E-state index contributed by atoms with van der Waals surface area (Å²) < 4.78 is 1.72. The van der Waals surface area contributed by atoms with Crippen LogP contribution < -0.4 is 10.6 Å². The number of nitrogens with zero attached hydrogens (tertiary/aromatic N) is 4. The molecule has 1 unspecified atom stereocenters. The first-order chi connectivity index (χ1) is 13.8. The minimum atomic E-state index is 0. The molecule has 0 radical (unpaired) electrons. The van der Waals surface area contributed by atoms with E-state index in [1.165, 1.54) is 6.33 Å². The fourth-order valence-corrected chi connectivity index (χ4v) is 2.84. The summed E-state index contributed by atoms with van der Waals surface area (Å²) in [6.45, 7) is 4.05. The summed E-state index contributed by atoms with van der Waals surface area (Å²) in [5.74, 6) is 0.754. The summed E-state index contributed by atoms with van der Waals surface area (Å²) in [7, 11) is 0. The Balaban J connectivity index is 0.00000300. The van der Waals surface area contributed by atoms with E-state index in [2.05, 4.69) is 25.7 Å². The number of benzene rings is 2. The zero-order valence-corrected chi connectivity index (χ0v) is 18.7. The molecule has 3 N–H and O–H groups in total. The summed E-state index contributed by atoms with van der Waals surface area (Å²) in [5, 5.41) is 20.4. The van der Waals surface area contributed by atoms with Gasteiger partial charge in [-0.1, -0.05) is 42.5 Å². The lowest BCUT2D eigenvalue weighted by molar-refractivity contribution is 0.265. The predicted octanol–water partition coefficient (Wildman–Crippen LogP) is 2.72. The first-order valence-electron chi connectivity index (χ1n) is 9.42. The van der Waals surface area contributed by atoms with E-state index < -0.39 is 0 Å². The van der Waals surface area contributed by atoms with E-state index in [4.69, 9.17) is 0 Å². The standard InChI is InChI=1S/C21H26N6O.HI/c1-2-23-21(25-13-19(14-28)18-6-4-3-5-7-18)24-12-17-8-10-20(11-9-17)27-16-22-15-26-27;/h3-11,15-16,19,28H,2,12-14H2,1H3,(H2,23,24,25);1H. The Kier molecular flexibility index (Phi) is 9.58. The van der Waals surface area contributed by atoms with Gasteiger partial charge in [0.25, 0.3) is 0 Å². The number of aliphatic imine (C=N–C) groups is 1. The molecule has 29 heavy (non-hydrogen) atoms. The van der Waals surface area contributed by atoms with Gasteiger partial charge in [-0.15, -0.1) is 24.0 Å². The third-order valence-corrected chi connectivity index (χ3v) is 4.39. The molecule has 2 aromatic carbocycles. The number of halogens is 1. The van der Waals surface area contributed by atoms with Crippen molar-refractivity contribution in [2.45, 2.75) is 19.4 Å². The molecule has 0 aliphatic carbocycles. The van der Waals surface area contributed by atoms with Crippen molar-refractivity contribution in [1.82, 2.24) is 25.4 Å². The zero-order chi connectivity index (χ0) is 19.6. The Hall–Kier alpha value is -2.46. The maximum Gasteiger partial charge on any atom is 0.191 e. The first kappa shape index (κ1) is 22.8. The van der Waals surface area contributed by atoms with Crippen LogP contribution in [0.4, 0.5) is 0 Å². The minimum absolute atomic E-state index is 0. The third-order valence-electron chi connectivity index (χ3n) is 4.39. The zero-order valence-electron chi connectivity index (χ0n) is 16.4. The molecule has 0 spiro atoms. The number of rotatable bonds is 8. The quantitative estimate of drug-likeness (QED) is 0.249. The number of aliphatic hydroxyl groups is 1. The molecule has 8 heteroatoms. The van der Waals surface area contributed by atoms with Gasteiger partial charge < -0.3 is 15.7 Å². The van der Waals surface area contributed by atoms with Crippen molar-refractivity contribution >= 4 is 29.9 Å². The second-order valence-electron chi connectivity index (χ2n) is 6.37. The maximum atomic E-state index is 9.72. The van der Waals surface area contributed by atoms with Gasteiger partial charge in [-0.05, 0) is 30.2 Å². The third kappa shape index (κ3) is 6.82. The molecule has 0 amide bonds. The highest BCUT2D eigenvalue weighted by Gasteiger charge is 2.10. The van der Waals surface area contributed by atoms with E-state index in [9.17, 15) is 5.11 Å². The lowest BCUT2D eigenvalue weighted by Gasteiger charge is -2.18. The van der Waals surface area contributed by atoms with Crippen molar-refractivity contribution < 1.29 is 5.11 Å². The Labute approximate surface area is 188 Å². The number of guanidine groups is 1. The molecule has 3 rings (SSSR count). The van der Waals surface area contributed by atoms with Crippen LogP contribution in [0.25, 0.3) is 5.69 Å². The first-order valence-corrected chi connectivity index (χ1v) is 9.42. The van der Waals surface area contributed by atoms with Crippen LogP contribution in [0.3, 0.4) is 0 Å². The number of hydrogen-bond donors (Lipinski definition) is 3. The van der Waals surface area contributed by atoms with Gasteiger partial charge in [0, 0.05) is 19.0 Å². The molecule has 0 aliphatic rings. The van der Waals surface area contributed by atoms with Crippen molar-refractivity contribution in [2.24, 2.45) is 4.99 Å². The summed E-state index contributed by atoms with van der Waals surface area (Å²) >= 11 is 0. The van der Waals surface area contributed by atoms with Gasteiger partial charge in [-0.2, -0.15) is 5.10 Å². The van der Waals surface area contributed by atoms with E-state index >= 15 is 0 Å². The van der Waals surface area contributed by atoms with Gasteiger partial charge in [-0.25, -0.2) is 14.7 Å². The largest absolute Gasteiger partial charge is 0.396 e. The molecule has 1 aromatic heterocycles. The highest BCUT2D eigenvalue weighted by atomic mass is 127. The monoisotopic (exact) mass is 506 g/mol. The van der Waals surface area contributed by atoms with E-state index in [0.717, 1.165) is 29.3 Å². The van der Waals surface area contributed by atoms with Crippen molar-refractivity contribution in [1.29, 1.82) is 0 Å². The van der Waals surface area contributed by atoms with Crippen LogP contribution in [0.2, 0.25) is 0 Å². The molecular weight excluding hydrogens is 479 g/mol. The topological polar surface area (TPSA) is 87.4 Å². The van der Waals surface area contributed by atoms with Gasteiger partial charge in [0.2, 0.25) is 0 Å². The molecule has 0 bridgehead atoms. The van der Waals surface area contributed by atoms with Crippen LogP contribution in [0, 0.1) is 0 Å². The molecule has 7 nitrogen and oxygen atoms in total. The highest BCUT2D eigenvalue weighted by molar-refractivity contribution is 14.0. The van der Waals surface area contributed by atoms with Crippen molar-refractivity contribution in [3.8, 4) is 5.69 Å². The van der Waals surface area contributed by atoms with Crippen molar-refractivity contribution in [3.05, 3.63) is 78.4 Å². The lowest BCUT2D eigenvalue weighted by atomic mass is 10.0. The summed E-state index contributed by atoms with van der Waals surface area (Å²) in [6, 6.07) is 18.1. The fraction of sp³-hybridized carbons (Fsp3) is 0.286. The normalized spacial score (nSPS) is 12.1. The second-order valence-corrected chi connectivity index (χ2v) is 6.37. The van der Waals surface area contributed by atoms with Crippen LogP contribution in [0.1, 0.15) is 24.0 Å². The van der Waals surface area contributed by atoms with Gasteiger partial charge in [0.15, 0.2) is 5.96 Å². The number of hydrogen-bond acceptors (Lipinski definition) is 4. The van der Waals surface area contributed by atoms with E-state index in [0.29, 0.717) is 13.1 Å². The molecule has 0 saturated heterocycles. The summed E-state index contributed by atoms with van der Waals surface area (Å²) in [4.78, 5) is 8.61. The Morgan fingerprint density at radius 3 is 2.48 bits per heavy atom. The molecular formula is C21H27IN6O. The van der Waals surface area contributed by atoms with Gasteiger partial charge in [0.05, 0.1) is 18.8 Å². The summed E-state index contributed by atoms with van der Waals surface area (Å²) in [6.07, 6.45) is 3.19. The van der Waals surface area contributed by atoms with Crippen molar-refractivity contribution in [2.75, 3.05) is 19.7 Å². The summed E-state index contributed by atoms with van der Waals surface area (Å²) in [5.41, 5.74) is 3.17. The van der Waals surface area contributed by atoms with Crippen LogP contribution >= 0.6 is 24.0 Å². The number of nitrogens with one attached hydrogen (secondary N) is 2. The number of aliphatic hydroxyl groups excluding tert-OH is 1.